The van der Waals surface area contributed by atoms with Gasteiger partial charge in [0, 0.05) is 28.6 Å². The highest BCUT2D eigenvalue weighted by Gasteiger charge is 2.28. The summed E-state index contributed by atoms with van der Waals surface area (Å²) >= 11 is 0. The highest BCUT2D eigenvalue weighted by Crippen LogP contribution is 2.39. The second-order valence-electron chi connectivity index (χ2n) is 9.28. The monoisotopic (exact) mass is 452 g/mol. The van der Waals surface area contributed by atoms with Crippen LogP contribution in [0, 0.1) is 11.2 Å². The lowest BCUT2D eigenvalue weighted by atomic mass is 9.95. The Labute approximate surface area is 189 Å². The number of nitrogens with zero attached hydrogens (tertiary/aromatic N) is 1. The van der Waals surface area contributed by atoms with Crippen LogP contribution in [-0.2, 0) is 4.79 Å². The molecule has 1 fully saturated rings. The predicted octanol–water partition coefficient (Wildman–Crippen LogP) is 4.83. The first-order valence-electron chi connectivity index (χ1n) is 10.6. The van der Waals surface area contributed by atoms with Crippen LogP contribution in [0.3, 0.4) is 0 Å². The lowest BCUT2D eigenvalue weighted by Gasteiger charge is -2.19. The van der Waals surface area contributed by atoms with Crippen molar-refractivity contribution < 1.29 is 23.8 Å². The second kappa shape index (κ2) is 8.03. The Morgan fingerprint density at radius 1 is 1.18 bits per heavy atom. The number of halogens is 1. The molecule has 1 amide bonds. The van der Waals surface area contributed by atoms with Crippen molar-refractivity contribution in [1.29, 1.82) is 0 Å². The smallest absolute Gasteiger partial charge is 0.341 e. The Morgan fingerprint density at radius 2 is 1.88 bits per heavy atom. The number of aromatic nitrogens is 1. The number of fused-ring (bicyclic) bond motifs is 1. The van der Waals surface area contributed by atoms with Gasteiger partial charge in [-0.25, -0.2) is 9.18 Å². The van der Waals surface area contributed by atoms with Gasteiger partial charge in [-0.2, -0.15) is 0 Å². The van der Waals surface area contributed by atoms with E-state index in [0.29, 0.717) is 22.5 Å². The van der Waals surface area contributed by atoms with Crippen LogP contribution in [-0.4, -0.2) is 28.7 Å². The Hall–Kier alpha value is -3.68. The molecule has 0 bridgehead atoms. The number of carboxylic acid groups (broad SMARTS) is 1. The molecule has 0 saturated heterocycles. The molecule has 1 heterocycles. The van der Waals surface area contributed by atoms with Gasteiger partial charge in [0.25, 0.3) is 0 Å². The van der Waals surface area contributed by atoms with E-state index >= 15 is 4.39 Å². The minimum absolute atomic E-state index is 0.0316. The molecular formula is C25H25FN2O5. The fourth-order valence-corrected chi connectivity index (χ4v) is 3.67. The minimum atomic E-state index is -1.33. The van der Waals surface area contributed by atoms with Gasteiger partial charge < -0.3 is 19.7 Å². The summed E-state index contributed by atoms with van der Waals surface area (Å²) in [4.78, 5) is 36.6. The van der Waals surface area contributed by atoms with Gasteiger partial charge in [-0.1, -0.05) is 26.8 Å². The number of carbonyl (C=O) groups is 2. The Morgan fingerprint density at radius 3 is 2.45 bits per heavy atom. The fraction of sp³-hybridized carbons (Fsp3) is 0.320. The van der Waals surface area contributed by atoms with Crippen LogP contribution in [0.4, 0.5) is 10.1 Å². The summed E-state index contributed by atoms with van der Waals surface area (Å²) in [5.74, 6) is -1.81. The maximum Gasteiger partial charge on any atom is 0.341 e. The molecule has 33 heavy (non-hydrogen) atoms. The van der Waals surface area contributed by atoms with Crippen molar-refractivity contribution in [2.75, 3.05) is 12.4 Å². The molecule has 0 radical (unpaired) electrons. The van der Waals surface area contributed by atoms with E-state index in [1.807, 2.05) is 0 Å². The zero-order valence-corrected chi connectivity index (χ0v) is 18.9. The third-order valence-corrected chi connectivity index (χ3v) is 5.73. The van der Waals surface area contributed by atoms with Crippen molar-refractivity contribution in [3.63, 3.8) is 0 Å². The van der Waals surface area contributed by atoms with E-state index in [1.54, 1.807) is 49.6 Å². The number of amides is 1. The lowest BCUT2D eigenvalue weighted by Crippen LogP contribution is -2.27. The third-order valence-electron chi connectivity index (χ3n) is 5.73. The molecule has 8 heteroatoms. The second-order valence-corrected chi connectivity index (χ2v) is 9.28. The molecule has 1 aromatic heterocycles. The van der Waals surface area contributed by atoms with Crippen molar-refractivity contribution in [3.8, 4) is 16.9 Å². The molecule has 1 aliphatic rings. The number of anilines is 1. The summed E-state index contributed by atoms with van der Waals surface area (Å²) in [5.41, 5.74) is -0.00486. The maximum absolute atomic E-state index is 15.2. The first kappa shape index (κ1) is 22.5. The standard InChI is InChI=1S/C25H25FN2O5/c1-25(2,3)24(32)27-19-8-5-13(9-21(19)33-4)15-11-20-16(10-18(15)26)22(29)17(23(30)31)12-28(20)14-6-7-14/h5,8-12,14H,6-7H2,1-4H3,(H,27,32)(H,30,31). The first-order chi connectivity index (χ1) is 15.5. The summed E-state index contributed by atoms with van der Waals surface area (Å²) in [5, 5.41) is 12.3. The largest absolute Gasteiger partial charge is 0.495 e. The van der Waals surface area contributed by atoms with Gasteiger partial charge in [-0.15, -0.1) is 0 Å². The zero-order valence-electron chi connectivity index (χ0n) is 18.9. The molecule has 4 rings (SSSR count). The SMILES string of the molecule is COc1cc(-c2cc3c(cc2F)c(=O)c(C(=O)O)cn3C2CC2)ccc1NC(=O)C(C)(C)C. The van der Waals surface area contributed by atoms with Crippen molar-refractivity contribution in [3.05, 3.63) is 58.1 Å². The molecule has 172 valence electrons. The van der Waals surface area contributed by atoms with E-state index < -0.39 is 22.6 Å². The molecule has 1 aliphatic carbocycles. The van der Waals surface area contributed by atoms with E-state index in [1.165, 1.54) is 13.3 Å². The van der Waals surface area contributed by atoms with Crippen LogP contribution in [0.2, 0.25) is 0 Å². The van der Waals surface area contributed by atoms with Crippen molar-refractivity contribution in [1.82, 2.24) is 4.57 Å². The third kappa shape index (κ3) is 4.20. The molecule has 0 atom stereocenters. The summed E-state index contributed by atoms with van der Waals surface area (Å²) < 4.78 is 22.3. The van der Waals surface area contributed by atoms with Gasteiger partial charge in [-0.05, 0) is 42.7 Å². The number of nitrogens with one attached hydrogen (secondary N) is 1. The number of methoxy groups -OCH3 is 1. The molecule has 7 nitrogen and oxygen atoms in total. The van der Waals surface area contributed by atoms with Crippen LogP contribution >= 0.6 is 0 Å². The van der Waals surface area contributed by atoms with Gasteiger partial charge in [-0.3, -0.25) is 9.59 Å². The van der Waals surface area contributed by atoms with E-state index in [4.69, 9.17) is 4.74 Å². The number of ether oxygens (including phenoxy) is 1. The maximum atomic E-state index is 15.2. The number of carboxylic acids is 1. The van der Waals surface area contributed by atoms with Gasteiger partial charge in [0.2, 0.25) is 11.3 Å². The number of rotatable bonds is 5. The number of hydrogen-bond acceptors (Lipinski definition) is 4. The van der Waals surface area contributed by atoms with Crippen molar-refractivity contribution in [2.45, 2.75) is 39.7 Å². The molecule has 3 aromatic rings. The molecule has 2 N–H and O–H groups in total. The Kier molecular flexibility index (Phi) is 5.47. The van der Waals surface area contributed by atoms with Crippen LogP contribution in [0.5, 0.6) is 5.75 Å². The van der Waals surface area contributed by atoms with Crippen molar-refractivity contribution >= 4 is 28.5 Å². The first-order valence-corrected chi connectivity index (χ1v) is 10.6. The molecule has 1 saturated carbocycles. The predicted molar refractivity (Wildman–Crippen MR) is 123 cm³/mol. The van der Waals surface area contributed by atoms with Crippen LogP contribution in [0.1, 0.15) is 50.0 Å². The summed E-state index contributed by atoms with van der Waals surface area (Å²) in [7, 11) is 1.46. The number of hydrogen-bond donors (Lipinski definition) is 2. The average molecular weight is 452 g/mol. The van der Waals surface area contributed by atoms with Crippen molar-refractivity contribution in [2.24, 2.45) is 5.41 Å². The normalized spacial score (nSPS) is 13.7. The number of pyridine rings is 1. The minimum Gasteiger partial charge on any atom is -0.495 e. The molecule has 0 unspecified atom stereocenters. The highest BCUT2D eigenvalue weighted by atomic mass is 19.1. The molecular weight excluding hydrogens is 427 g/mol. The summed E-state index contributed by atoms with van der Waals surface area (Å²) in [6, 6.07) is 7.67. The van der Waals surface area contributed by atoms with Gasteiger partial charge in [0.15, 0.2) is 0 Å². The zero-order chi connectivity index (χ0) is 24.1. The van der Waals surface area contributed by atoms with Gasteiger partial charge >= 0.3 is 5.97 Å². The molecule has 2 aromatic carbocycles. The van der Waals surface area contributed by atoms with E-state index in [2.05, 4.69) is 5.32 Å². The quantitative estimate of drug-likeness (QED) is 0.578. The number of aromatic carboxylic acids is 1. The van der Waals surface area contributed by atoms with Crippen LogP contribution in [0.15, 0.2) is 41.3 Å². The summed E-state index contributed by atoms with van der Waals surface area (Å²) in [6.45, 7) is 5.38. The topological polar surface area (TPSA) is 97.6 Å². The number of carbonyl (C=O) groups excluding carboxylic acids is 1. The fourth-order valence-electron chi connectivity index (χ4n) is 3.67. The lowest BCUT2D eigenvalue weighted by molar-refractivity contribution is -0.123. The average Bonchev–Trinajstić information content (AvgIpc) is 3.58. The van der Waals surface area contributed by atoms with Gasteiger partial charge in [0.05, 0.1) is 18.3 Å². The Balaban J connectivity index is 1.85. The van der Waals surface area contributed by atoms with E-state index in [0.717, 1.165) is 18.9 Å². The van der Waals surface area contributed by atoms with Gasteiger partial charge in [0.1, 0.15) is 17.1 Å². The molecule has 0 aliphatic heterocycles. The number of benzene rings is 2. The van der Waals surface area contributed by atoms with E-state index in [-0.39, 0.29) is 28.5 Å². The van der Waals surface area contributed by atoms with Crippen LogP contribution in [0.25, 0.3) is 22.0 Å². The van der Waals surface area contributed by atoms with Crippen LogP contribution < -0.4 is 15.5 Å². The Bertz CT molecular complexity index is 1350. The molecule has 0 spiro atoms. The summed E-state index contributed by atoms with van der Waals surface area (Å²) in [6.07, 6.45) is 3.07. The highest BCUT2D eigenvalue weighted by molar-refractivity contribution is 5.97. The van der Waals surface area contributed by atoms with E-state index in [9.17, 15) is 19.5 Å².